The molecule has 3 heterocycles. The maximum absolute atomic E-state index is 13.1. The molecule has 2 N–H and O–H groups in total. The van der Waals surface area contributed by atoms with E-state index in [-0.39, 0.29) is 43.8 Å². The van der Waals surface area contributed by atoms with Crippen molar-refractivity contribution in [1.82, 2.24) is 20.4 Å². The molecule has 202 valence electrons. The Labute approximate surface area is 218 Å². The molecule has 0 radical (unpaired) electrons. The zero-order valence-corrected chi connectivity index (χ0v) is 20.7. The highest BCUT2D eigenvalue weighted by Gasteiger charge is 2.40. The van der Waals surface area contributed by atoms with Gasteiger partial charge in [-0.1, -0.05) is 30.3 Å². The molecule has 8 nitrogen and oxygen atoms in total. The highest BCUT2D eigenvalue weighted by atomic mass is 19.4. The van der Waals surface area contributed by atoms with Crippen LogP contribution in [-0.4, -0.2) is 71.5 Å². The van der Waals surface area contributed by atoms with Crippen molar-refractivity contribution in [2.24, 2.45) is 0 Å². The van der Waals surface area contributed by atoms with E-state index in [1.54, 1.807) is 18.2 Å². The second kappa shape index (κ2) is 10.7. The zero-order valence-electron chi connectivity index (χ0n) is 20.7. The lowest BCUT2D eigenvalue weighted by Crippen LogP contribution is -2.56. The van der Waals surface area contributed by atoms with Gasteiger partial charge in [-0.3, -0.25) is 24.6 Å². The number of nitrogens with zero attached hydrogens (tertiary/aromatic N) is 2. The van der Waals surface area contributed by atoms with E-state index in [4.69, 9.17) is 4.74 Å². The van der Waals surface area contributed by atoms with E-state index in [1.165, 1.54) is 9.80 Å². The molecular weight excluding hydrogens is 501 g/mol. The number of ether oxygens (including phenoxy) is 1. The molecule has 3 aliphatic heterocycles. The summed E-state index contributed by atoms with van der Waals surface area (Å²) in [6, 6.07) is 13.8. The number of alkyl halides is 3. The molecule has 2 saturated heterocycles. The molecule has 5 rings (SSSR count). The molecule has 0 saturated carbocycles. The number of benzene rings is 2. The van der Waals surface area contributed by atoms with Crippen molar-refractivity contribution in [3.63, 3.8) is 0 Å². The summed E-state index contributed by atoms with van der Waals surface area (Å²) in [4.78, 5) is 39.6. The van der Waals surface area contributed by atoms with Crippen LogP contribution in [-0.2, 0) is 22.7 Å². The lowest BCUT2D eigenvalue weighted by Gasteiger charge is -2.39. The SMILES string of the molecule is O=C1CCC(N2Cc3cc(O[C@H]4CN(CC(F)(F)F)CC[C@@H]4NCc4ccccc4)ccc3C2=O)C(=O)N1. The summed E-state index contributed by atoms with van der Waals surface area (Å²) in [6.45, 7) is 0.149. The zero-order chi connectivity index (χ0) is 26.9. The lowest BCUT2D eigenvalue weighted by atomic mass is 10.0. The first-order valence-electron chi connectivity index (χ1n) is 12.7. The van der Waals surface area contributed by atoms with Gasteiger partial charge in [0.15, 0.2) is 0 Å². The Morgan fingerprint density at radius 3 is 2.58 bits per heavy atom. The minimum atomic E-state index is -4.30. The first kappa shape index (κ1) is 26.2. The van der Waals surface area contributed by atoms with Crippen molar-refractivity contribution in [2.75, 3.05) is 19.6 Å². The topological polar surface area (TPSA) is 91.0 Å². The Morgan fingerprint density at radius 2 is 1.84 bits per heavy atom. The van der Waals surface area contributed by atoms with Crippen LogP contribution in [0.5, 0.6) is 5.75 Å². The smallest absolute Gasteiger partial charge is 0.401 e. The second-order valence-electron chi connectivity index (χ2n) is 9.99. The molecule has 0 bridgehead atoms. The Bertz CT molecular complexity index is 1210. The van der Waals surface area contributed by atoms with Crippen LogP contribution in [0.3, 0.4) is 0 Å². The van der Waals surface area contributed by atoms with Gasteiger partial charge in [0.1, 0.15) is 17.9 Å². The van der Waals surface area contributed by atoms with Crippen molar-refractivity contribution in [3.8, 4) is 5.75 Å². The third-order valence-corrected chi connectivity index (χ3v) is 7.24. The van der Waals surface area contributed by atoms with E-state index in [2.05, 4.69) is 10.6 Å². The van der Waals surface area contributed by atoms with Crippen LogP contribution in [0.15, 0.2) is 48.5 Å². The number of carbonyl (C=O) groups excluding carboxylic acids is 3. The quantitative estimate of drug-likeness (QED) is 0.535. The standard InChI is InChI=1S/C27H29F3N4O4/c28-27(29,30)16-33-11-10-21(31-13-17-4-2-1-3-5-17)23(15-33)38-19-6-7-20-18(12-19)14-34(26(20)37)22-8-9-24(35)32-25(22)36/h1-7,12,21-23,31H,8-11,13-16H2,(H,32,35,36)/t21-,22?,23-/m0/s1. The number of nitrogens with one attached hydrogen (secondary N) is 2. The number of carbonyl (C=O) groups is 3. The van der Waals surface area contributed by atoms with Crippen molar-refractivity contribution in [3.05, 3.63) is 65.2 Å². The average Bonchev–Trinajstić information content (AvgIpc) is 3.18. The third-order valence-electron chi connectivity index (χ3n) is 7.24. The van der Waals surface area contributed by atoms with Crippen molar-refractivity contribution in [1.29, 1.82) is 0 Å². The summed E-state index contributed by atoms with van der Waals surface area (Å²) in [7, 11) is 0. The maximum Gasteiger partial charge on any atom is 0.401 e. The number of likely N-dealkylation sites (tertiary alicyclic amines) is 1. The molecule has 2 fully saturated rings. The number of halogens is 3. The molecule has 0 spiro atoms. The van der Waals surface area contributed by atoms with Crippen molar-refractivity contribution < 1.29 is 32.3 Å². The van der Waals surface area contributed by atoms with E-state index >= 15 is 0 Å². The van der Waals surface area contributed by atoms with Gasteiger partial charge in [-0.15, -0.1) is 0 Å². The second-order valence-corrected chi connectivity index (χ2v) is 9.99. The molecule has 11 heteroatoms. The van der Waals surface area contributed by atoms with Crippen LogP contribution in [0, 0.1) is 0 Å². The maximum atomic E-state index is 13.1. The first-order chi connectivity index (χ1) is 18.2. The average molecular weight is 531 g/mol. The molecule has 1 unspecified atom stereocenters. The molecule has 0 aromatic heterocycles. The fourth-order valence-electron chi connectivity index (χ4n) is 5.37. The highest BCUT2D eigenvalue weighted by molar-refractivity contribution is 6.05. The first-order valence-corrected chi connectivity index (χ1v) is 12.7. The molecule has 2 aromatic rings. The number of hydrogen-bond acceptors (Lipinski definition) is 6. The number of hydrogen-bond donors (Lipinski definition) is 2. The fraction of sp³-hybridized carbons (Fsp3) is 0.444. The molecule has 2 aromatic carbocycles. The van der Waals surface area contributed by atoms with Crippen molar-refractivity contribution >= 4 is 17.7 Å². The van der Waals surface area contributed by atoms with Crippen LogP contribution in [0.25, 0.3) is 0 Å². The number of rotatable bonds is 7. The summed E-state index contributed by atoms with van der Waals surface area (Å²) < 4.78 is 45.6. The van der Waals surface area contributed by atoms with Gasteiger partial charge in [0.25, 0.3) is 5.91 Å². The molecule has 3 aliphatic rings. The van der Waals surface area contributed by atoms with Gasteiger partial charge in [-0.05, 0) is 42.2 Å². The van der Waals surface area contributed by atoms with Gasteiger partial charge in [0.2, 0.25) is 11.8 Å². The van der Waals surface area contributed by atoms with E-state index in [0.29, 0.717) is 36.4 Å². The van der Waals surface area contributed by atoms with Crippen molar-refractivity contribution in [2.45, 2.75) is 56.7 Å². The predicted molar refractivity (Wildman–Crippen MR) is 131 cm³/mol. The Hall–Kier alpha value is -3.44. The number of amides is 3. The Balaban J connectivity index is 1.30. The van der Waals surface area contributed by atoms with E-state index in [9.17, 15) is 27.6 Å². The van der Waals surface area contributed by atoms with Crippen LogP contribution in [0.2, 0.25) is 0 Å². The van der Waals surface area contributed by atoms with Gasteiger partial charge in [-0.2, -0.15) is 13.2 Å². The monoisotopic (exact) mass is 530 g/mol. The van der Waals surface area contributed by atoms with Gasteiger partial charge >= 0.3 is 6.18 Å². The lowest BCUT2D eigenvalue weighted by molar-refractivity contribution is -0.152. The summed E-state index contributed by atoms with van der Waals surface area (Å²) in [5.74, 6) is -0.684. The summed E-state index contributed by atoms with van der Waals surface area (Å²) in [5.41, 5.74) is 2.19. The van der Waals surface area contributed by atoms with Crippen LogP contribution < -0.4 is 15.4 Å². The van der Waals surface area contributed by atoms with Crippen LogP contribution in [0.4, 0.5) is 13.2 Å². The van der Waals surface area contributed by atoms with Gasteiger partial charge in [0.05, 0.1) is 6.54 Å². The predicted octanol–water partition coefficient (Wildman–Crippen LogP) is 2.62. The van der Waals surface area contributed by atoms with E-state index in [1.807, 2.05) is 30.3 Å². The normalized spacial score (nSPS) is 24.3. The van der Waals surface area contributed by atoms with Crippen LogP contribution >= 0.6 is 0 Å². The summed E-state index contributed by atoms with van der Waals surface area (Å²) >= 11 is 0. The molecule has 3 atom stereocenters. The largest absolute Gasteiger partial charge is 0.487 e. The van der Waals surface area contributed by atoms with E-state index < -0.39 is 30.8 Å². The van der Waals surface area contributed by atoms with Crippen LogP contribution in [0.1, 0.15) is 40.7 Å². The van der Waals surface area contributed by atoms with Gasteiger partial charge in [-0.25, -0.2) is 0 Å². The summed E-state index contributed by atoms with van der Waals surface area (Å²) in [6.07, 6.45) is -3.93. The molecule has 38 heavy (non-hydrogen) atoms. The molecule has 3 amide bonds. The number of piperidine rings is 2. The van der Waals surface area contributed by atoms with Gasteiger partial charge in [0, 0.05) is 44.2 Å². The Morgan fingerprint density at radius 1 is 1.05 bits per heavy atom. The number of fused-ring (bicyclic) bond motifs is 1. The molecule has 0 aliphatic carbocycles. The number of imide groups is 1. The minimum absolute atomic E-state index is 0.102. The molecular formula is C27H29F3N4O4. The summed E-state index contributed by atoms with van der Waals surface area (Å²) in [5, 5.41) is 5.72. The van der Waals surface area contributed by atoms with Gasteiger partial charge < -0.3 is 15.0 Å². The fourth-order valence-corrected chi connectivity index (χ4v) is 5.37. The Kier molecular flexibility index (Phi) is 7.40. The minimum Gasteiger partial charge on any atom is -0.487 e. The third kappa shape index (κ3) is 5.99. The van der Waals surface area contributed by atoms with E-state index in [0.717, 1.165) is 5.56 Å². The highest BCUT2D eigenvalue weighted by Crippen LogP contribution is 2.31.